The summed E-state index contributed by atoms with van der Waals surface area (Å²) in [5.41, 5.74) is 23.5. The van der Waals surface area contributed by atoms with Crippen molar-refractivity contribution in [3.8, 4) is 0 Å². The zero-order valence-corrected chi connectivity index (χ0v) is 27.0. The topological polar surface area (TPSA) is 412 Å². The third-order valence-electron chi connectivity index (χ3n) is 6.38. The molecule has 3 aliphatic rings. The Balaban J connectivity index is 0. The molecule has 22 heteroatoms. The Labute approximate surface area is 275 Å². The van der Waals surface area contributed by atoms with Crippen LogP contribution in [0.3, 0.4) is 0 Å². The maximum Gasteiger partial charge on any atom is 0.300 e. The van der Waals surface area contributed by atoms with Gasteiger partial charge in [-0.05, 0) is 12.8 Å². The average molecular weight is 709 g/mol. The van der Waals surface area contributed by atoms with Crippen LogP contribution in [0.25, 0.3) is 0 Å². The zero-order chi connectivity index (χ0) is 38.0. The highest BCUT2D eigenvalue weighted by atomic mass is 16.7. The van der Waals surface area contributed by atoms with E-state index in [-0.39, 0.29) is 25.9 Å². The Hall–Kier alpha value is -2.68. The largest absolute Gasteiger partial charge is 0.481 e. The van der Waals surface area contributed by atoms with Crippen molar-refractivity contribution in [2.45, 2.75) is 126 Å². The lowest BCUT2D eigenvalue weighted by Crippen LogP contribution is -2.64. The van der Waals surface area contributed by atoms with E-state index in [4.69, 9.17) is 81.5 Å². The van der Waals surface area contributed by atoms with Crippen molar-refractivity contribution in [2.24, 2.45) is 22.9 Å². The number of carbonyl (C=O) groups is 4. The summed E-state index contributed by atoms with van der Waals surface area (Å²) in [6.45, 7) is 4.15. The van der Waals surface area contributed by atoms with Crippen LogP contribution < -0.4 is 22.9 Å². The van der Waals surface area contributed by atoms with E-state index >= 15 is 0 Å². The van der Waals surface area contributed by atoms with Gasteiger partial charge in [-0.15, -0.1) is 0 Å². The maximum absolute atomic E-state index is 10.2. The number of rotatable bonds is 6. The fraction of sp³-hybridized carbons (Fsp3) is 0.846. The summed E-state index contributed by atoms with van der Waals surface area (Å²) in [6, 6.07) is -1.25. The van der Waals surface area contributed by atoms with Gasteiger partial charge in [0.05, 0.1) is 12.2 Å². The standard InChI is InChI=1S/C18H36N4O10.4C2H4O2/c19-3-9-11(23)13(25)15(27)17(31-9)29-7-1-5(21)8(2-6(7)22)30-18-16(28)14(26)12(24)10(4-20)32-18;4*1-2(3)4/h5-18,23-28H,1-4,19-22H2;4*1H3,(H,3,4)/t5-,6-,7-,8-,9+,10+,11+,12+,13-,14-,15+,16+,17-,18+;;;;/m0..../s1. The molecule has 18 N–H and O–H groups in total. The van der Waals surface area contributed by atoms with Crippen LogP contribution >= 0.6 is 0 Å². The second-order valence-electron chi connectivity index (χ2n) is 10.7. The van der Waals surface area contributed by atoms with Gasteiger partial charge in [0.25, 0.3) is 23.9 Å². The molecule has 22 nitrogen and oxygen atoms in total. The summed E-state index contributed by atoms with van der Waals surface area (Å²) in [4.78, 5) is 36.0. The van der Waals surface area contributed by atoms with Crippen LogP contribution in [0.15, 0.2) is 0 Å². The van der Waals surface area contributed by atoms with Crippen molar-refractivity contribution in [2.75, 3.05) is 13.1 Å². The molecule has 1 aliphatic carbocycles. The molecule has 1 saturated carbocycles. The number of aliphatic hydroxyl groups excluding tert-OH is 6. The molecule has 14 atom stereocenters. The van der Waals surface area contributed by atoms with Crippen LogP contribution in [0.2, 0.25) is 0 Å². The number of carboxylic acid groups (broad SMARTS) is 4. The molecule has 284 valence electrons. The van der Waals surface area contributed by atoms with Gasteiger partial charge in [0.1, 0.15) is 48.8 Å². The highest BCUT2D eigenvalue weighted by molar-refractivity contribution is 5.63. The van der Waals surface area contributed by atoms with Gasteiger partial charge in [-0.25, -0.2) is 0 Å². The third kappa shape index (κ3) is 18.2. The van der Waals surface area contributed by atoms with Gasteiger partial charge < -0.3 is 92.9 Å². The second kappa shape index (κ2) is 23.6. The molecule has 3 rings (SSSR count). The molecule has 3 fully saturated rings. The van der Waals surface area contributed by atoms with Crippen LogP contribution in [-0.4, -0.2) is 174 Å². The van der Waals surface area contributed by atoms with E-state index in [2.05, 4.69) is 0 Å². The molecular formula is C26H52N4O18. The summed E-state index contributed by atoms with van der Waals surface area (Å²) in [5.74, 6) is -3.33. The van der Waals surface area contributed by atoms with Crippen molar-refractivity contribution in [3.05, 3.63) is 0 Å². The Morgan fingerprint density at radius 1 is 0.542 bits per heavy atom. The Kier molecular flexibility index (Phi) is 23.4. The number of hydrogen-bond donors (Lipinski definition) is 14. The molecule has 2 saturated heterocycles. The van der Waals surface area contributed by atoms with Crippen LogP contribution in [0.5, 0.6) is 0 Å². The molecule has 2 heterocycles. The number of carboxylic acids is 4. The van der Waals surface area contributed by atoms with Crippen LogP contribution in [0.4, 0.5) is 0 Å². The van der Waals surface area contributed by atoms with Crippen molar-refractivity contribution in [1.82, 2.24) is 0 Å². The van der Waals surface area contributed by atoms with E-state index in [1.54, 1.807) is 0 Å². The number of aliphatic hydroxyl groups is 6. The minimum absolute atomic E-state index is 0.0922. The van der Waals surface area contributed by atoms with Gasteiger partial charge in [-0.2, -0.15) is 0 Å². The zero-order valence-electron chi connectivity index (χ0n) is 27.0. The predicted molar refractivity (Wildman–Crippen MR) is 160 cm³/mol. The lowest BCUT2D eigenvalue weighted by Gasteiger charge is -2.46. The molecule has 48 heavy (non-hydrogen) atoms. The van der Waals surface area contributed by atoms with Gasteiger partial charge in [0.15, 0.2) is 12.6 Å². The highest BCUT2D eigenvalue weighted by Crippen LogP contribution is 2.30. The maximum atomic E-state index is 10.2. The Morgan fingerprint density at radius 2 is 0.771 bits per heavy atom. The van der Waals surface area contributed by atoms with Gasteiger partial charge in [0.2, 0.25) is 0 Å². The fourth-order valence-corrected chi connectivity index (χ4v) is 4.29. The molecule has 0 spiro atoms. The minimum atomic E-state index is -1.52. The Bertz CT molecular complexity index is 848. The number of aliphatic carboxylic acids is 4. The minimum Gasteiger partial charge on any atom is -0.481 e. The third-order valence-corrected chi connectivity index (χ3v) is 6.38. The lowest BCUT2D eigenvalue weighted by atomic mass is 9.86. The van der Waals surface area contributed by atoms with E-state index in [9.17, 15) is 30.6 Å². The van der Waals surface area contributed by atoms with E-state index in [1.165, 1.54) is 0 Å². The van der Waals surface area contributed by atoms with Crippen molar-refractivity contribution >= 4 is 23.9 Å². The summed E-state index contributed by atoms with van der Waals surface area (Å²) < 4.78 is 22.5. The smallest absolute Gasteiger partial charge is 0.300 e. The molecule has 0 amide bonds. The predicted octanol–water partition coefficient (Wildman–Crippen LogP) is -5.90. The summed E-state index contributed by atoms with van der Waals surface area (Å²) in [5, 5.41) is 89.9. The average Bonchev–Trinajstić information content (AvgIpc) is 2.94. The van der Waals surface area contributed by atoms with Crippen LogP contribution in [0.1, 0.15) is 40.5 Å². The first kappa shape index (κ1) is 47.4. The summed E-state index contributed by atoms with van der Waals surface area (Å²) >= 11 is 0. The molecule has 2 aliphatic heterocycles. The van der Waals surface area contributed by atoms with Gasteiger partial charge in [0, 0.05) is 52.9 Å². The van der Waals surface area contributed by atoms with Crippen LogP contribution in [-0.2, 0) is 38.1 Å². The second-order valence-corrected chi connectivity index (χ2v) is 10.7. The van der Waals surface area contributed by atoms with Crippen LogP contribution in [0, 0.1) is 0 Å². The van der Waals surface area contributed by atoms with Crippen molar-refractivity contribution in [1.29, 1.82) is 0 Å². The molecule has 0 aromatic rings. The summed E-state index contributed by atoms with van der Waals surface area (Å²) in [6.07, 6.45) is -14.1. The first-order valence-electron chi connectivity index (χ1n) is 14.4. The first-order chi connectivity index (χ1) is 22.0. The fourth-order valence-electron chi connectivity index (χ4n) is 4.29. The molecule has 0 aromatic carbocycles. The number of ether oxygens (including phenoxy) is 4. The van der Waals surface area contributed by atoms with Gasteiger partial charge >= 0.3 is 0 Å². The quantitative estimate of drug-likeness (QED) is 0.122. The number of hydrogen-bond acceptors (Lipinski definition) is 18. The normalized spacial score (nSPS) is 37.2. The molecule has 0 unspecified atom stereocenters. The van der Waals surface area contributed by atoms with E-state index in [0.717, 1.165) is 27.7 Å². The van der Waals surface area contributed by atoms with Gasteiger partial charge in [-0.3, -0.25) is 19.2 Å². The highest BCUT2D eigenvalue weighted by Gasteiger charge is 2.48. The first-order valence-corrected chi connectivity index (χ1v) is 14.4. The van der Waals surface area contributed by atoms with Crippen molar-refractivity contribution < 1.29 is 89.2 Å². The van der Waals surface area contributed by atoms with E-state index < -0.39 is 110 Å². The molecular weight excluding hydrogens is 656 g/mol. The molecule has 0 aromatic heterocycles. The number of nitrogens with two attached hydrogens (primary N) is 4. The summed E-state index contributed by atoms with van der Waals surface area (Å²) in [7, 11) is 0. The molecule has 0 bridgehead atoms. The van der Waals surface area contributed by atoms with E-state index in [1.807, 2.05) is 0 Å². The van der Waals surface area contributed by atoms with Crippen molar-refractivity contribution in [3.63, 3.8) is 0 Å². The van der Waals surface area contributed by atoms with E-state index in [0.29, 0.717) is 0 Å². The van der Waals surface area contributed by atoms with Gasteiger partial charge in [-0.1, -0.05) is 0 Å². The SMILES string of the molecule is CC(=O)O.CC(=O)O.CC(=O)O.CC(=O)O.NC[C@H]1O[C@@H](O[C@H]2C[C@H](N)[C@@H](O[C@H]3O[C@H](CN)[C@@H](O)[C@H](O)[C@H]3O)C[C@@H]2N)[C@H](O)[C@@H](O)[C@@H]1O. The molecule has 0 radical (unpaired) electrons. The lowest BCUT2D eigenvalue weighted by molar-refractivity contribution is -0.319. The monoisotopic (exact) mass is 708 g/mol. The Morgan fingerprint density at radius 3 is 0.979 bits per heavy atom.